The summed E-state index contributed by atoms with van der Waals surface area (Å²) in [6, 6.07) is 9.75. The van der Waals surface area contributed by atoms with Crippen LogP contribution in [-0.2, 0) is 5.60 Å². The third-order valence-corrected chi connectivity index (χ3v) is 3.08. The smallest absolute Gasteiger partial charge is 0.119 e. The molecule has 3 nitrogen and oxygen atoms in total. The maximum Gasteiger partial charge on any atom is 0.119 e. The van der Waals surface area contributed by atoms with Crippen LogP contribution < -0.4 is 4.74 Å². The van der Waals surface area contributed by atoms with Gasteiger partial charge in [0.1, 0.15) is 5.75 Å². The zero-order chi connectivity index (χ0) is 14.5. The number of hydrogen-bond donors (Lipinski definition) is 1. The van der Waals surface area contributed by atoms with E-state index in [-0.39, 0.29) is 5.41 Å². The van der Waals surface area contributed by atoms with Crippen LogP contribution in [0, 0.1) is 16.7 Å². The zero-order valence-electron chi connectivity index (χ0n) is 12.2. The number of nitriles is 1. The fourth-order valence-corrected chi connectivity index (χ4v) is 1.72. The molecule has 19 heavy (non-hydrogen) atoms. The standard InChI is InChI=1S/C16H23NO2/c1-15(2,12-17)10-5-11-19-14-8-6-13(7-9-14)16(3,4)18/h6-9,18H,5,10-11H2,1-4H3. The minimum atomic E-state index is -0.824. The molecule has 1 aromatic carbocycles. The fourth-order valence-electron chi connectivity index (χ4n) is 1.72. The van der Waals surface area contributed by atoms with Gasteiger partial charge in [0.2, 0.25) is 0 Å². The molecule has 0 saturated carbocycles. The molecular weight excluding hydrogens is 238 g/mol. The molecule has 0 radical (unpaired) electrons. The molecule has 0 heterocycles. The third kappa shape index (κ3) is 5.32. The lowest BCUT2D eigenvalue weighted by atomic mass is 9.90. The monoisotopic (exact) mass is 261 g/mol. The number of ether oxygens (including phenoxy) is 1. The quantitative estimate of drug-likeness (QED) is 0.796. The van der Waals surface area contributed by atoms with E-state index in [9.17, 15) is 5.11 Å². The molecule has 0 spiro atoms. The maximum atomic E-state index is 9.84. The topological polar surface area (TPSA) is 53.2 Å². The van der Waals surface area contributed by atoms with E-state index in [1.807, 2.05) is 38.1 Å². The van der Waals surface area contributed by atoms with Crippen LogP contribution in [-0.4, -0.2) is 11.7 Å². The maximum absolute atomic E-state index is 9.84. The summed E-state index contributed by atoms with van der Waals surface area (Å²) in [5.74, 6) is 0.794. The summed E-state index contributed by atoms with van der Waals surface area (Å²) in [5.41, 5.74) is -0.241. The predicted molar refractivity (Wildman–Crippen MR) is 75.8 cm³/mol. The van der Waals surface area contributed by atoms with Crippen LogP contribution in [0.5, 0.6) is 5.75 Å². The largest absolute Gasteiger partial charge is 0.494 e. The van der Waals surface area contributed by atoms with Gasteiger partial charge in [0.05, 0.1) is 23.7 Å². The molecule has 0 aliphatic heterocycles. The van der Waals surface area contributed by atoms with Crippen molar-refractivity contribution in [3.05, 3.63) is 29.8 Å². The van der Waals surface area contributed by atoms with Crippen molar-refractivity contribution < 1.29 is 9.84 Å². The van der Waals surface area contributed by atoms with Gasteiger partial charge in [-0.2, -0.15) is 5.26 Å². The molecule has 104 valence electrons. The van der Waals surface area contributed by atoms with Crippen molar-refractivity contribution in [1.82, 2.24) is 0 Å². The number of aliphatic hydroxyl groups is 1. The predicted octanol–water partition coefficient (Wildman–Crippen LogP) is 3.62. The Bertz CT molecular complexity index is 435. The van der Waals surface area contributed by atoms with E-state index >= 15 is 0 Å². The zero-order valence-corrected chi connectivity index (χ0v) is 12.2. The van der Waals surface area contributed by atoms with E-state index in [2.05, 4.69) is 6.07 Å². The average Bonchev–Trinajstić information content (AvgIpc) is 2.34. The molecule has 0 unspecified atom stereocenters. The van der Waals surface area contributed by atoms with E-state index in [0.717, 1.165) is 24.2 Å². The van der Waals surface area contributed by atoms with Gasteiger partial charge in [0.25, 0.3) is 0 Å². The van der Waals surface area contributed by atoms with Crippen LogP contribution in [0.15, 0.2) is 24.3 Å². The summed E-state index contributed by atoms with van der Waals surface area (Å²) in [5, 5.41) is 18.7. The number of nitrogens with zero attached hydrogens (tertiary/aromatic N) is 1. The molecule has 1 rings (SSSR count). The molecule has 3 heteroatoms. The third-order valence-electron chi connectivity index (χ3n) is 3.08. The van der Waals surface area contributed by atoms with Crippen molar-refractivity contribution in [2.45, 2.75) is 46.1 Å². The molecule has 0 aliphatic carbocycles. The molecule has 0 amide bonds. The number of rotatable bonds is 6. The second-order valence-corrected chi connectivity index (χ2v) is 6.03. The van der Waals surface area contributed by atoms with Gasteiger partial charge in [-0.05, 0) is 58.2 Å². The summed E-state index contributed by atoms with van der Waals surface area (Å²) < 4.78 is 5.62. The molecule has 0 aliphatic rings. The Morgan fingerprint density at radius 3 is 2.21 bits per heavy atom. The van der Waals surface area contributed by atoms with Gasteiger partial charge < -0.3 is 9.84 Å². The Morgan fingerprint density at radius 2 is 1.74 bits per heavy atom. The highest BCUT2D eigenvalue weighted by Crippen LogP contribution is 2.23. The lowest BCUT2D eigenvalue weighted by Crippen LogP contribution is -2.15. The van der Waals surface area contributed by atoms with Crippen molar-refractivity contribution >= 4 is 0 Å². The normalized spacial score (nSPS) is 12.0. The first-order chi connectivity index (χ1) is 8.74. The van der Waals surface area contributed by atoms with Gasteiger partial charge in [-0.15, -0.1) is 0 Å². The van der Waals surface area contributed by atoms with E-state index in [0.29, 0.717) is 6.61 Å². The Kier molecular flexibility index (Phi) is 4.97. The lowest BCUT2D eigenvalue weighted by Gasteiger charge is -2.18. The van der Waals surface area contributed by atoms with Gasteiger partial charge in [0.15, 0.2) is 0 Å². The van der Waals surface area contributed by atoms with E-state index in [1.165, 1.54) is 0 Å². The SMILES string of the molecule is CC(C)(C#N)CCCOc1ccc(C(C)(C)O)cc1. The summed E-state index contributed by atoms with van der Waals surface area (Å²) in [7, 11) is 0. The molecule has 0 fully saturated rings. The Labute approximate surface area is 115 Å². The van der Waals surface area contributed by atoms with E-state index in [4.69, 9.17) is 10.00 Å². The van der Waals surface area contributed by atoms with Crippen LogP contribution >= 0.6 is 0 Å². The summed E-state index contributed by atoms with van der Waals surface area (Å²) in [4.78, 5) is 0. The first kappa shape index (κ1) is 15.5. The summed E-state index contributed by atoms with van der Waals surface area (Å²) >= 11 is 0. The second kappa shape index (κ2) is 6.08. The highest BCUT2D eigenvalue weighted by Gasteiger charge is 2.16. The van der Waals surface area contributed by atoms with Crippen LogP contribution in [0.25, 0.3) is 0 Å². The minimum absolute atomic E-state index is 0.284. The van der Waals surface area contributed by atoms with Crippen LogP contribution in [0.2, 0.25) is 0 Å². The first-order valence-corrected chi connectivity index (χ1v) is 6.61. The Balaban J connectivity index is 2.41. The second-order valence-electron chi connectivity index (χ2n) is 6.03. The molecule has 0 aromatic heterocycles. The molecule has 0 saturated heterocycles. The van der Waals surface area contributed by atoms with Crippen molar-refractivity contribution in [3.8, 4) is 11.8 Å². The lowest BCUT2D eigenvalue weighted by molar-refractivity contribution is 0.0785. The molecule has 0 atom stereocenters. The molecule has 0 bridgehead atoms. The first-order valence-electron chi connectivity index (χ1n) is 6.61. The van der Waals surface area contributed by atoms with Crippen LogP contribution in [0.1, 0.15) is 46.1 Å². The number of hydrogen-bond acceptors (Lipinski definition) is 3. The highest BCUT2D eigenvalue weighted by atomic mass is 16.5. The van der Waals surface area contributed by atoms with Crippen molar-refractivity contribution in [3.63, 3.8) is 0 Å². The van der Waals surface area contributed by atoms with Crippen LogP contribution in [0.4, 0.5) is 0 Å². The summed E-state index contributed by atoms with van der Waals surface area (Å²) in [6.07, 6.45) is 1.68. The van der Waals surface area contributed by atoms with Crippen LogP contribution in [0.3, 0.4) is 0 Å². The van der Waals surface area contributed by atoms with Gasteiger partial charge >= 0.3 is 0 Å². The fraction of sp³-hybridized carbons (Fsp3) is 0.562. The summed E-state index contributed by atoms with van der Waals surface area (Å²) in [6.45, 7) is 7.99. The van der Waals surface area contributed by atoms with Crippen molar-refractivity contribution in [1.29, 1.82) is 5.26 Å². The average molecular weight is 261 g/mol. The number of benzene rings is 1. The van der Waals surface area contributed by atoms with Gasteiger partial charge in [0, 0.05) is 0 Å². The van der Waals surface area contributed by atoms with Gasteiger partial charge in [-0.1, -0.05) is 12.1 Å². The molecule has 1 N–H and O–H groups in total. The van der Waals surface area contributed by atoms with Crippen molar-refractivity contribution in [2.75, 3.05) is 6.61 Å². The van der Waals surface area contributed by atoms with E-state index < -0.39 is 5.60 Å². The molecular formula is C16H23NO2. The Hall–Kier alpha value is -1.53. The van der Waals surface area contributed by atoms with Gasteiger partial charge in [-0.25, -0.2) is 0 Å². The van der Waals surface area contributed by atoms with Gasteiger partial charge in [-0.3, -0.25) is 0 Å². The van der Waals surface area contributed by atoms with Crippen molar-refractivity contribution in [2.24, 2.45) is 5.41 Å². The molecule has 1 aromatic rings. The van der Waals surface area contributed by atoms with E-state index in [1.54, 1.807) is 13.8 Å². The minimum Gasteiger partial charge on any atom is -0.494 e. The highest BCUT2D eigenvalue weighted by molar-refractivity contribution is 5.30. The Morgan fingerprint density at radius 1 is 1.16 bits per heavy atom.